The summed E-state index contributed by atoms with van der Waals surface area (Å²) in [5.41, 5.74) is 3.31. The molecule has 0 aliphatic carbocycles. The van der Waals surface area contributed by atoms with E-state index < -0.39 is 5.60 Å². The van der Waals surface area contributed by atoms with Crippen LogP contribution in [0.1, 0.15) is 32.0 Å². The third kappa shape index (κ3) is 6.81. The Balaban J connectivity index is 1.37. The van der Waals surface area contributed by atoms with Crippen molar-refractivity contribution in [3.05, 3.63) is 64.8 Å². The Kier molecular flexibility index (Phi) is 8.09. The van der Waals surface area contributed by atoms with E-state index in [-0.39, 0.29) is 12.1 Å². The molecule has 3 aromatic rings. The Bertz CT molecular complexity index is 1390. The molecule has 0 unspecified atom stereocenters. The first-order valence-corrected chi connectivity index (χ1v) is 13.7. The van der Waals surface area contributed by atoms with Gasteiger partial charge in [0.15, 0.2) is 5.82 Å². The summed E-state index contributed by atoms with van der Waals surface area (Å²) in [5.74, 6) is 1.44. The van der Waals surface area contributed by atoms with Crippen molar-refractivity contribution in [2.75, 3.05) is 48.4 Å². The summed E-state index contributed by atoms with van der Waals surface area (Å²) in [7, 11) is 0. The first kappa shape index (κ1) is 27.7. The fourth-order valence-electron chi connectivity index (χ4n) is 4.62. The number of carbonyl (C=O) groups is 2. The van der Waals surface area contributed by atoms with Crippen LogP contribution in [0.4, 0.5) is 26.8 Å². The Morgan fingerprint density at radius 3 is 2.40 bits per heavy atom. The molecule has 0 saturated carbocycles. The van der Waals surface area contributed by atoms with Crippen molar-refractivity contribution in [3.63, 3.8) is 0 Å². The zero-order valence-corrected chi connectivity index (χ0v) is 23.6. The average Bonchev–Trinajstić information content (AvgIpc) is 2.92. The number of hydrogen-bond donors (Lipinski definition) is 2. The monoisotopic (exact) mass is 564 g/mol. The summed E-state index contributed by atoms with van der Waals surface area (Å²) < 4.78 is 11.2. The summed E-state index contributed by atoms with van der Waals surface area (Å²) in [5, 5.41) is 6.13. The molecule has 40 heavy (non-hydrogen) atoms. The van der Waals surface area contributed by atoms with Gasteiger partial charge in [0.1, 0.15) is 11.4 Å². The number of nitrogens with zero attached hydrogens (tertiary/aromatic N) is 4. The highest BCUT2D eigenvalue weighted by Gasteiger charge is 2.30. The van der Waals surface area contributed by atoms with Crippen molar-refractivity contribution in [3.8, 4) is 11.4 Å². The second-order valence-corrected chi connectivity index (χ2v) is 11.2. The van der Waals surface area contributed by atoms with Crippen molar-refractivity contribution >= 4 is 40.9 Å². The van der Waals surface area contributed by atoms with Gasteiger partial charge in [-0.05, 0) is 69.7 Å². The number of carbonyl (C=O) groups excluding carboxylic acids is 2. The van der Waals surface area contributed by atoms with Gasteiger partial charge in [-0.3, -0.25) is 0 Å². The van der Waals surface area contributed by atoms with E-state index >= 15 is 0 Å². The molecule has 2 aromatic carbocycles. The highest BCUT2D eigenvalue weighted by Crippen LogP contribution is 2.31. The molecule has 3 heterocycles. The molecule has 2 N–H and O–H groups in total. The van der Waals surface area contributed by atoms with E-state index in [2.05, 4.69) is 15.5 Å². The largest absolute Gasteiger partial charge is 0.444 e. The van der Waals surface area contributed by atoms with Gasteiger partial charge in [0.2, 0.25) is 0 Å². The number of morpholine rings is 1. The van der Waals surface area contributed by atoms with E-state index in [1.165, 1.54) is 0 Å². The molecule has 5 rings (SSSR count). The van der Waals surface area contributed by atoms with Crippen LogP contribution in [0.2, 0.25) is 5.02 Å². The molecule has 1 saturated heterocycles. The number of urea groups is 1. The first-order valence-electron chi connectivity index (χ1n) is 13.3. The third-order valence-electron chi connectivity index (χ3n) is 6.49. The Morgan fingerprint density at radius 1 is 0.975 bits per heavy atom. The van der Waals surface area contributed by atoms with E-state index in [9.17, 15) is 9.59 Å². The number of hydrogen-bond acceptors (Lipinski definition) is 7. The molecule has 0 atom stereocenters. The molecule has 2 aliphatic rings. The predicted octanol–water partition coefficient (Wildman–Crippen LogP) is 5.57. The third-order valence-corrected chi connectivity index (χ3v) is 6.72. The number of aromatic nitrogens is 2. The number of halogens is 1. The fraction of sp³-hybridized carbons (Fsp3) is 0.379. The number of ether oxygens (including phenoxy) is 2. The zero-order valence-electron chi connectivity index (χ0n) is 22.9. The predicted molar refractivity (Wildman–Crippen MR) is 155 cm³/mol. The number of benzene rings is 2. The lowest BCUT2D eigenvalue weighted by Gasteiger charge is -2.34. The average molecular weight is 565 g/mol. The summed E-state index contributed by atoms with van der Waals surface area (Å²) in [6, 6.07) is 13.9. The lowest BCUT2D eigenvalue weighted by Crippen LogP contribution is -2.42. The van der Waals surface area contributed by atoms with E-state index in [1.807, 2.05) is 32.9 Å². The molecule has 0 bridgehead atoms. The number of amides is 3. The van der Waals surface area contributed by atoms with Gasteiger partial charge in [-0.25, -0.2) is 19.6 Å². The van der Waals surface area contributed by atoms with Crippen LogP contribution in [-0.4, -0.2) is 65.4 Å². The maximum Gasteiger partial charge on any atom is 0.410 e. The van der Waals surface area contributed by atoms with Gasteiger partial charge in [-0.2, -0.15) is 0 Å². The Labute approximate surface area is 238 Å². The van der Waals surface area contributed by atoms with Crippen LogP contribution in [0.15, 0.2) is 48.5 Å². The molecule has 0 spiro atoms. The second-order valence-electron chi connectivity index (χ2n) is 10.7. The van der Waals surface area contributed by atoms with Crippen molar-refractivity contribution < 1.29 is 19.1 Å². The molecule has 1 fully saturated rings. The van der Waals surface area contributed by atoms with Gasteiger partial charge in [-0.15, -0.1) is 0 Å². The summed E-state index contributed by atoms with van der Waals surface area (Å²) in [6.07, 6.45) is 0.296. The van der Waals surface area contributed by atoms with E-state index in [4.69, 9.17) is 31.0 Å². The van der Waals surface area contributed by atoms with Crippen LogP contribution >= 0.6 is 11.6 Å². The van der Waals surface area contributed by atoms with Gasteiger partial charge < -0.3 is 29.9 Å². The summed E-state index contributed by atoms with van der Waals surface area (Å²) >= 11 is 6.00. The summed E-state index contributed by atoms with van der Waals surface area (Å²) in [4.78, 5) is 39.1. The number of rotatable bonds is 4. The number of nitrogens with one attached hydrogen (secondary N) is 2. The molecule has 210 valence electrons. The van der Waals surface area contributed by atoms with Gasteiger partial charge in [0.05, 0.1) is 25.5 Å². The molecule has 3 amide bonds. The highest BCUT2D eigenvalue weighted by atomic mass is 35.5. The summed E-state index contributed by atoms with van der Waals surface area (Å²) in [6.45, 7) is 9.22. The van der Waals surface area contributed by atoms with Crippen LogP contribution < -0.4 is 15.5 Å². The maximum absolute atomic E-state index is 12.8. The molecular formula is C29H33ClN6O4. The van der Waals surface area contributed by atoms with Crippen LogP contribution in [0.5, 0.6) is 0 Å². The smallest absolute Gasteiger partial charge is 0.410 e. The molecular weight excluding hydrogens is 532 g/mol. The molecule has 2 aliphatic heterocycles. The molecule has 1 aromatic heterocycles. The number of fused-ring (bicyclic) bond motifs is 1. The van der Waals surface area contributed by atoms with E-state index in [1.54, 1.807) is 41.3 Å². The highest BCUT2D eigenvalue weighted by molar-refractivity contribution is 6.30. The van der Waals surface area contributed by atoms with Gasteiger partial charge in [-0.1, -0.05) is 17.7 Å². The van der Waals surface area contributed by atoms with Crippen molar-refractivity contribution in [2.24, 2.45) is 0 Å². The quantitative estimate of drug-likeness (QED) is 0.426. The van der Waals surface area contributed by atoms with E-state index in [0.29, 0.717) is 54.9 Å². The zero-order chi connectivity index (χ0) is 28.3. The van der Waals surface area contributed by atoms with Crippen LogP contribution in [0, 0.1) is 0 Å². The van der Waals surface area contributed by atoms with E-state index in [0.717, 1.165) is 35.7 Å². The van der Waals surface area contributed by atoms with Crippen molar-refractivity contribution in [1.29, 1.82) is 0 Å². The minimum atomic E-state index is -0.575. The van der Waals surface area contributed by atoms with Crippen LogP contribution in [0.3, 0.4) is 0 Å². The lowest BCUT2D eigenvalue weighted by atomic mass is 10.0. The number of anilines is 3. The topological polar surface area (TPSA) is 109 Å². The maximum atomic E-state index is 12.8. The first-order chi connectivity index (χ1) is 19.1. The Hall–Kier alpha value is -3.89. The second kappa shape index (κ2) is 11.7. The SMILES string of the molecule is CC(C)(C)OC(=O)N1CCc2c(nc(-c3ccc(NC(=O)Nc4cccc(Cl)c4)cc3)nc2N2CCOCC2)C1. The fourth-order valence-corrected chi connectivity index (χ4v) is 4.81. The molecule has 10 nitrogen and oxygen atoms in total. The van der Waals surface area contributed by atoms with Crippen LogP contribution in [-0.2, 0) is 22.4 Å². The normalized spacial score (nSPS) is 15.3. The lowest BCUT2D eigenvalue weighted by molar-refractivity contribution is 0.0220. The standard InChI is InChI=1S/C29H33ClN6O4/c1-29(2,3)40-28(38)36-12-11-23-24(18-36)33-25(34-26(23)35-13-15-39-16-14-35)19-7-9-21(10-8-19)31-27(37)32-22-6-4-5-20(30)17-22/h4-10,17H,11-16,18H2,1-3H3,(H2,31,32,37). The minimum Gasteiger partial charge on any atom is -0.444 e. The van der Waals surface area contributed by atoms with Gasteiger partial charge in [0, 0.05) is 47.2 Å². The molecule has 11 heteroatoms. The van der Waals surface area contributed by atoms with Gasteiger partial charge >= 0.3 is 12.1 Å². The van der Waals surface area contributed by atoms with Crippen molar-refractivity contribution in [2.45, 2.75) is 39.3 Å². The van der Waals surface area contributed by atoms with Crippen LogP contribution in [0.25, 0.3) is 11.4 Å². The van der Waals surface area contributed by atoms with Crippen molar-refractivity contribution in [1.82, 2.24) is 14.9 Å². The molecule has 0 radical (unpaired) electrons. The van der Waals surface area contributed by atoms with Gasteiger partial charge in [0.25, 0.3) is 0 Å². The Morgan fingerprint density at radius 2 is 1.70 bits per heavy atom. The minimum absolute atomic E-state index is 0.348.